The first kappa shape index (κ1) is 8.55. The summed E-state index contributed by atoms with van der Waals surface area (Å²) in [5.74, 6) is 2.06. The average Bonchev–Trinajstić information content (AvgIpc) is 2.28. The highest BCUT2D eigenvalue weighted by molar-refractivity contribution is 4.90. The van der Waals surface area contributed by atoms with E-state index in [1.54, 1.807) is 0 Å². The summed E-state index contributed by atoms with van der Waals surface area (Å²) >= 11 is 0. The summed E-state index contributed by atoms with van der Waals surface area (Å²) in [6.45, 7) is 9.76. The maximum absolute atomic E-state index is 2.68. The van der Waals surface area contributed by atoms with Gasteiger partial charge in [-0.15, -0.1) is 0 Å². The third-order valence-electron chi connectivity index (χ3n) is 3.56. The van der Waals surface area contributed by atoms with E-state index in [9.17, 15) is 0 Å². The van der Waals surface area contributed by atoms with Gasteiger partial charge < -0.3 is 0 Å². The molecule has 1 heteroatoms. The first-order valence-corrected chi connectivity index (χ1v) is 5.31. The van der Waals surface area contributed by atoms with Gasteiger partial charge in [0.05, 0.1) is 0 Å². The van der Waals surface area contributed by atoms with Crippen molar-refractivity contribution in [2.24, 2.45) is 11.8 Å². The maximum atomic E-state index is 2.68. The molecule has 1 aliphatic heterocycles. The third kappa shape index (κ3) is 1.52. The van der Waals surface area contributed by atoms with Crippen molar-refractivity contribution in [2.75, 3.05) is 13.1 Å². The van der Waals surface area contributed by atoms with Gasteiger partial charge in [-0.25, -0.2) is 0 Å². The summed E-state index contributed by atoms with van der Waals surface area (Å²) in [6, 6.07) is 0. The Hall–Kier alpha value is -0.0400. The minimum Gasteiger partial charge on any atom is -0.298 e. The van der Waals surface area contributed by atoms with Crippen molar-refractivity contribution in [3.63, 3.8) is 0 Å². The molecule has 12 heavy (non-hydrogen) atoms. The number of likely N-dealkylation sites (tertiary alicyclic amines) is 1. The van der Waals surface area contributed by atoms with Gasteiger partial charge in [0.25, 0.3) is 0 Å². The molecule has 0 aromatic heterocycles. The smallest absolute Gasteiger partial charge is 0.0125 e. The molecule has 2 bridgehead atoms. The van der Waals surface area contributed by atoms with Crippen LogP contribution in [0.2, 0.25) is 0 Å². The summed E-state index contributed by atoms with van der Waals surface area (Å²) in [5, 5.41) is 0. The Morgan fingerprint density at radius 3 is 1.92 bits per heavy atom. The molecule has 0 aromatic rings. The number of piperidine rings is 1. The van der Waals surface area contributed by atoms with Crippen LogP contribution in [0.3, 0.4) is 0 Å². The van der Waals surface area contributed by atoms with Gasteiger partial charge in [-0.05, 0) is 51.9 Å². The zero-order valence-electron chi connectivity index (χ0n) is 8.64. The van der Waals surface area contributed by atoms with Gasteiger partial charge in [-0.2, -0.15) is 0 Å². The monoisotopic (exact) mass is 167 g/mol. The molecule has 1 saturated carbocycles. The molecule has 2 rings (SSSR count). The van der Waals surface area contributed by atoms with E-state index in [4.69, 9.17) is 0 Å². The van der Waals surface area contributed by atoms with Crippen LogP contribution in [0.1, 0.15) is 40.0 Å². The first-order chi connectivity index (χ1) is 5.55. The highest BCUT2D eigenvalue weighted by Crippen LogP contribution is 2.38. The first-order valence-electron chi connectivity index (χ1n) is 5.31. The van der Waals surface area contributed by atoms with Crippen molar-refractivity contribution in [3.05, 3.63) is 0 Å². The van der Waals surface area contributed by atoms with E-state index in [1.807, 2.05) is 0 Å². The van der Waals surface area contributed by atoms with Crippen LogP contribution in [0, 0.1) is 11.8 Å². The predicted molar refractivity (Wildman–Crippen MR) is 52.2 cm³/mol. The van der Waals surface area contributed by atoms with Crippen LogP contribution in [0.15, 0.2) is 0 Å². The van der Waals surface area contributed by atoms with Crippen LogP contribution < -0.4 is 0 Å². The second-order valence-electron chi connectivity index (χ2n) is 5.62. The van der Waals surface area contributed by atoms with Gasteiger partial charge in [0.2, 0.25) is 0 Å². The Balaban J connectivity index is 2.03. The molecule has 2 aliphatic rings. The van der Waals surface area contributed by atoms with Crippen molar-refractivity contribution in [1.29, 1.82) is 0 Å². The van der Waals surface area contributed by atoms with Gasteiger partial charge in [0, 0.05) is 18.6 Å². The Morgan fingerprint density at radius 1 is 1.00 bits per heavy atom. The molecule has 1 saturated heterocycles. The van der Waals surface area contributed by atoms with Crippen molar-refractivity contribution in [2.45, 2.75) is 45.6 Å². The van der Waals surface area contributed by atoms with Gasteiger partial charge in [-0.3, -0.25) is 4.90 Å². The van der Waals surface area contributed by atoms with Gasteiger partial charge in [0.15, 0.2) is 0 Å². The maximum Gasteiger partial charge on any atom is 0.0125 e. The predicted octanol–water partition coefficient (Wildman–Crippen LogP) is 2.52. The fraction of sp³-hybridized carbons (Fsp3) is 1.00. The van der Waals surface area contributed by atoms with Gasteiger partial charge >= 0.3 is 0 Å². The van der Waals surface area contributed by atoms with Crippen LogP contribution in [-0.4, -0.2) is 23.5 Å². The lowest BCUT2D eigenvalue weighted by atomic mass is 9.94. The average molecular weight is 167 g/mol. The highest BCUT2D eigenvalue weighted by atomic mass is 15.2. The molecule has 2 fully saturated rings. The fourth-order valence-electron chi connectivity index (χ4n) is 2.76. The van der Waals surface area contributed by atoms with E-state index in [1.165, 1.54) is 32.4 Å². The summed E-state index contributed by atoms with van der Waals surface area (Å²) in [7, 11) is 0. The quantitative estimate of drug-likeness (QED) is 0.536. The molecule has 70 valence electrons. The number of nitrogens with zero attached hydrogens (tertiary/aromatic N) is 1. The molecule has 0 aromatic carbocycles. The molecule has 1 nitrogen and oxygen atoms in total. The molecule has 0 amide bonds. The molecule has 2 atom stereocenters. The minimum atomic E-state index is 0.404. The van der Waals surface area contributed by atoms with Crippen LogP contribution in [0.5, 0.6) is 0 Å². The van der Waals surface area contributed by atoms with E-state index in [-0.39, 0.29) is 0 Å². The summed E-state index contributed by atoms with van der Waals surface area (Å²) < 4.78 is 0. The largest absolute Gasteiger partial charge is 0.298 e. The Labute approximate surface area is 76.1 Å². The second kappa shape index (κ2) is 2.73. The summed E-state index contributed by atoms with van der Waals surface area (Å²) in [5.41, 5.74) is 0.404. The Morgan fingerprint density at radius 2 is 1.50 bits per heavy atom. The molecule has 2 unspecified atom stereocenters. The summed E-state index contributed by atoms with van der Waals surface area (Å²) in [4.78, 5) is 2.68. The van der Waals surface area contributed by atoms with E-state index in [2.05, 4.69) is 25.7 Å². The Bertz CT molecular complexity index is 156. The number of rotatable bonds is 0. The topological polar surface area (TPSA) is 3.24 Å². The SMILES string of the molecule is CC(C)(C)N1CC2CCC(C2)C1. The molecule has 0 radical (unpaired) electrons. The van der Waals surface area contributed by atoms with Gasteiger partial charge in [-0.1, -0.05) is 0 Å². The standard InChI is InChI=1S/C11H21N/c1-11(2,3)12-7-9-4-5-10(6-9)8-12/h9-10H,4-8H2,1-3H3. The molecule has 0 N–H and O–H groups in total. The second-order valence-corrected chi connectivity index (χ2v) is 5.62. The van der Waals surface area contributed by atoms with Crippen molar-refractivity contribution >= 4 is 0 Å². The molecule has 0 spiro atoms. The number of hydrogen-bond donors (Lipinski definition) is 0. The normalized spacial score (nSPS) is 37.2. The van der Waals surface area contributed by atoms with Crippen LogP contribution in [-0.2, 0) is 0 Å². The van der Waals surface area contributed by atoms with E-state index >= 15 is 0 Å². The van der Waals surface area contributed by atoms with Crippen molar-refractivity contribution in [3.8, 4) is 0 Å². The van der Waals surface area contributed by atoms with E-state index in [0.29, 0.717) is 5.54 Å². The highest BCUT2D eigenvalue weighted by Gasteiger charge is 2.36. The Kier molecular flexibility index (Phi) is 1.95. The number of fused-ring (bicyclic) bond motifs is 2. The zero-order chi connectivity index (χ0) is 8.77. The van der Waals surface area contributed by atoms with Crippen LogP contribution in [0.4, 0.5) is 0 Å². The lowest BCUT2D eigenvalue weighted by Crippen LogP contribution is -2.47. The van der Waals surface area contributed by atoms with Crippen molar-refractivity contribution < 1.29 is 0 Å². The van der Waals surface area contributed by atoms with Gasteiger partial charge in [0.1, 0.15) is 0 Å². The summed E-state index contributed by atoms with van der Waals surface area (Å²) in [6.07, 6.45) is 4.51. The fourth-order valence-corrected chi connectivity index (χ4v) is 2.76. The van der Waals surface area contributed by atoms with Crippen LogP contribution >= 0.6 is 0 Å². The lowest BCUT2D eigenvalue weighted by molar-refractivity contribution is 0.0736. The zero-order valence-corrected chi connectivity index (χ0v) is 8.64. The third-order valence-corrected chi connectivity index (χ3v) is 3.56. The van der Waals surface area contributed by atoms with Crippen LogP contribution in [0.25, 0.3) is 0 Å². The molecule has 1 heterocycles. The minimum absolute atomic E-state index is 0.404. The van der Waals surface area contributed by atoms with E-state index < -0.39 is 0 Å². The number of hydrogen-bond acceptors (Lipinski definition) is 1. The van der Waals surface area contributed by atoms with E-state index in [0.717, 1.165) is 11.8 Å². The molecular weight excluding hydrogens is 146 g/mol. The molecule has 1 aliphatic carbocycles. The lowest BCUT2D eigenvalue weighted by Gasteiger charge is -2.41. The molecular formula is C11H21N. The van der Waals surface area contributed by atoms with Crippen molar-refractivity contribution in [1.82, 2.24) is 4.90 Å².